The van der Waals surface area contributed by atoms with Gasteiger partial charge in [-0.25, -0.2) is 15.0 Å². The summed E-state index contributed by atoms with van der Waals surface area (Å²) in [7, 11) is 1.63. The zero-order valence-corrected chi connectivity index (χ0v) is 21.9. The van der Waals surface area contributed by atoms with Crippen LogP contribution in [0.25, 0.3) is 27.6 Å². The van der Waals surface area contributed by atoms with E-state index in [1.54, 1.807) is 24.6 Å². The van der Waals surface area contributed by atoms with Gasteiger partial charge in [0, 0.05) is 40.8 Å². The highest BCUT2D eigenvalue weighted by atomic mass is 32.1. The van der Waals surface area contributed by atoms with Crippen LogP contribution in [0.5, 0.6) is 5.75 Å². The Morgan fingerprint density at radius 2 is 1.79 bits per heavy atom. The Labute approximate surface area is 229 Å². The van der Waals surface area contributed by atoms with E-state index in [4.69, 9.17) is 14.7 Å². The number of amides is 1. The van der Waals surface area contributed by atoms with Crippen LogP contribution in [0, 0.1) is 0 Å². The predicted octanol–water partition coefficient (Wildman–Crippen LogP) is 6.45. The summed E-state index contributed by atoms with van der Waals surface area (Å²) >= 11 is 1.55. The van der Waals surface area contributed by atoms with Crippen LogP contribution in [0.4, 0.5) is 17.3 Å². The van der Waals surface area contributed by atoms with Crippen LogP contribution < -0.4 is 15.4 Å². The van der Waals surface area contributed by atoms with E-state index in [-0.39, 0.29) is 5.91 Å². The molecule has 3 aromatic carbocycles. The number of benzene rings is 3. The number of carbonyl (C=O) groups is 1. The number of ether oxygens (including phenoxy) is 1. The maximum Gasteiger partial charge on any atom is 0.228 e. The van der Waals surface area contributed by atoms with Gasteiger partial charge in [-0.15, -0.1) is 11.3 Å². The number of thiazole rings is 1. The maximum atomic E-state index is 12.7. The van der Waals surface area contributed by atoms with Crippen molar-refractivity contribution in [1.82, 2.24) is 19.4 Å². The van der Waals surface area contributed by atoms with Crippen molar-refractivity contribution in [3.05, 3.63) is 108 Å². The second-order valence-corrected chi connectivity index (χ2v) is 9.65. The van der Waals surface area contributed by atoms with Gasteiger partial charge < -0.3 is 15.4 Å². The zero-order valence-electron chi connectivity index (χ0n) is 21.0. The molecule has 3 aromatic heterocycles. The number of fused-ring (bicyclic) bond motifs is 1. The van der Waals surface area contributed by atoms with Gasteiger partial charge in [-0.1, -0.05) is 48.5 Å². The smallest absolute Gasteiger partial charge is 0.228 e. The van der Waals surface area contributed by atoms with E-state index in [0.29, 0.717) is 18.1 Å². The molecular weight excluding hydrogens is 508 g/mol. The van der Waals surface area contributed by atoms with Gasteiger partial charge in [-0.05, 0) is 35.9 Å². The Hall–Kier alpha value is -5.02. The van der Waals surface area contributed by atoms with Gasteiger partial charge in [-0.3, -0.25) is 9.20 Å². The van der Waals surface area contributed by atoms with Crippen molar-refractivity contribution in [2.45, 2.75) is 6.42 Å². The van der Waals surface area contributed by atoms with Gasteiger partial charge in [0.15, 0.2) is 4.96 Å². The molecule has 1 amide bonds. The minimum Gasteiger partial charge on any atom is -0.497 e. The molecule has 0 saturated carbocycles. The van der Waals surface area contributed by atoms with Gasteiger partial charge >= 0.3 is 0 Å². The van der Waals surface area contributed by atoms with Crippen molar-refractivity contribution in [1.29, 1.82) is 0 Å². The fourth-order valence-electron chi connectivity index (χ4n) is 4.34. The highest BCUT2D eigenvalue weighted by molar-refractivity contribution is 7.15. The molecule has 192 valence electrons. The molecule has 9 heteroatoms. The summed E-state index contributed by atoms with van der Waals surface area (Å²) in [6.45, 7) is 0. The lowest BCUT2D eigenvalue weighted by molar-refractivity contribution is -0.115. The van der Waals surface area contributed by atoms with Crippen LogP contribution in [0.1, 0.15) is 5.56 Å². The lowest BCUT2D eigenvalue weighted by atomic mass is 10.1. The average molecular weight is 533 g/mol. The third-order valence-corrected chi connectivity index (χ3v) is 6.87. The van der Waals surface area contributed by atoms with Gasteiger partial charge in [0.25, 0.3) is 0 Å². The van der Waals surface area contributed by atoms with Crippen molar-refractivity contribution >= 4 is 39.5 Å². The Kier molecular flexibility index (Phi) is 6.71. The molecule has 39 heavy (non-hydrogen) atoms. The number of imidazole rings is 1. The number of anilines is 3. The molecule has 0 bridgehead atoms. The highest BCUT2D eigenvalue weighted by Gasteiger charge is 2.19. The summed E-state index contributed by atoms with van der Waals surface area (Å²) in [4.78, 5) is 27.7. The van der Waals surface area contributed by atoms with Crippen LogP contribution in [-0.4, -0.2) is 32.4 Å². The molecule has 8 nitrogen and oxygen atoms in total. The lowest BCUT2D eigenvalue weighted by Gasteiger charge is -2.10. The molecule has 2 N–H and O–H groups in total. The summed E-state index contributed by atoms with van der Waals surface area (Å²) in [6.07, 6.45) is 4.01. The molecule has 6 aromatic rings. The number of aromatic nitrogens is 4. The van der Waals surface area contributed by atoms with E-state index in [1.807, 2.05) is 101 Å². The quantitative estimate of drug-likeness (QED) is 0.234. The SMILES string of the molecule is COc1cccc(Nc2nccc(-c3c(-c4cccc(NC(=O)Cc5ccccc5)c4)nc4sccn34)n2)c1. The van der Waals surface area contributed by atoms with Crippen molar-refractivity contribution in [2.75, 3.05) is 17.7 Å². The van der Waals surface area contributed by atoms with E-state index >= 15 is 0 Å². The molecule has 0 spiro atoms. The van der Waals surface area contributed by atoms with E-state index in [0.717, 1.165) is 44.6 Å². The van der Waals surface area contributed by atoms with Crippen molar-refractivity contribution < 1.29 is 9.53 Å². The van der Waals surface area contributed by atoms with Gasteiger partial charge in [0.2, 0.25) is 11.9 Å². The summed E-state index contributed by atoms with van der Waals surface area (Å²) < 4.78 is 7.35. The standard InChI is InChI=1S/C30H24N6O2S/c1-38-24-12-6-11-23(19-24)33-29-31-14-13-25(34-29)28-27(35-30-36(28)15-16-39-30)21-9-5-10-22(18-21)32-26(37)17-20-7-3-2-4-8-20/h2-16,18-19H,17H2,1H3,(H,32,37)(H,31,33,34). The minimum atomic E-state index is -0.0755. The number of methoxy groups -OCH3 is 1. The number of nitrogens with one attached hydrogen (secondary N) is 2. The molecule has 0 radical (unpaired) electrons. The van der Waals surface area contributed by atoms with E-state index in [9.17, 15) is 4.79 Å². The predicted molar refractivity (Wildman–Crippen MR) is 155 cm³/mol. The van der Waals surface area contributed by atoms with E-state index in [2.05, 4.69) is 15.6 Å². The Morgan fingerprint density at radius 3 is 2.67 bits per heavy atom. The topological polar surface area (TPSA) is 93.4 Å². The number of rotatable bonds is 8. The molecule has 0 atom stereocenters. The van der Waals surface area contributed by atoms with Crippen LogP contribution in [-0.2, 0) is 11.2 Å². The Morgan fingerprint density at radius 1 is 0.949 bits per heavy atom. The van der Waals surface area contributed by atoms with Crippen molar-refractivity contribution in [2.24, 2.45) is 0 Å². The average Bonchev–Trinajstić information content (AvgIpc) is 3.56. The molecule has 0 unspecified atom stereocenters. The summed E-state index contributed by atoms with van der Waals surface area (Å²) in [5, 5.41) is 8.26. The summed E-state index contributed by atoms with van der Waals surface area (Å²) in [5.74, 6) is 1.12. The van der Waals surface area contributed by atoms with Gasteiger partial charge in [0.1, 0.15) is 11.4 Å². The maximum absolute atomic E-state index is 12.7. The van der Waals surface area contributed by atoms with E-state index < -0.39 is 0 Å². The largest absolute Gasteiger partial charge is 0.497 e. The molecule has 6 rings (SSSR count). The molecule has 0 fully saturated rings. The van der Waals surface area contributed by atoms with Crippen molar-refractivity contribution in [3.8, 4) is 28.4 Å². The van der Waals surface area contributed by atoms with Crippen LogP contribution >= 0.6 is 11.3 Å². The third-order valence-electron chi connectivity index (χ3n) is 6.11. The third kappa shape index (κ3) is 5.34. The first-order chi connectivity index (χ1) is 19.2. The minimum absolute atomic E-state index is 0.0755. The number of hydrogen-bond acceptors (Lipinski definition) is 7. The second kappa shape index (κ2) is 10.8. The fraction of sp³-hybridized carbons (Fsp3) is 0.0667. The van der Waals surface area contributed by atoms with Crippen LogP contribution in [0.3, 0.4) is 0 Å². The van der Waals surface area contributed by atoms with Crippen LogP contribution in [0.15, 0.2) is 103 Å². The summed E-state index contributed by atoms with van der Waals surface area (Å²) in [6, 6.07) is 26.9. The molecule has 0 aliphatic rings. The Balaban J connectivity index is 1.32. The first-order valence-electron chi connectivity index (χ1n) is 12.3. The molecule has 0 aliphatic carbocycles. The number of carbonyl (C=O) groups excluding carboxylic acids is 1. The van der Waals surface area contributed by atoms with E-state index in [1.165, 1.54) is 0 Å². The Bertz CT molecular complexity index is 1760. The van der Waals surface area contributed by atoms with Gasteiger partial charge in [0.05, 0.1) is 24.9 Å². The first kappa shape index (κ1) is 24.3. The summed E-state index contributed by atoms with van der Waals surface area (Å²) in [5.41, 5.74) is 5.69. The normalized spacial score (nSPS) is 10.9. The van der Waals surface area contributed by atoms with Crippen molar-refractivity contribution in [3.63, 3.8) is 0 Å². The molecular formula is C30H24N6O2S. The zero-order chi connectivity index (χ0) is 26.6. The number of hydrogen-bond donors (Lipinski definition) is 2. The monoisotopic (exact) mass is 532 g/mol. The van der Waals surface area contributed by atoms with Gasteiger partial charge in [-0.2, -0.15) is 0 Å². The van der Waals surface area contributed by atoms with Crippen LogP contribution in [0.2, 0.25) is 0 Å². The first-order valence-corrected chi connectivity index (χ1v) is 13.2. The molecule has 0 aliphatic heterocycles. The lowest BCUT2D eigenvalue weighted by Crippen LogP contribution is -2.14. The second-order valence-electron chi connectivity index (χ2n) is 8.78. The highest BCUT2D eigenvalue weighted by Crippen LogP contribution is 2.35. The molecule has 3 heterocycles. The molecule has 0 saturated heterocycles. The fourth-order valence-corrected chi connectivity index (χ4v) is 5.06. The number of nitrogens with zero attached hydrogens (tertiary/aromatic N) is 4.